The molecule has 21 heavy (non-hydrogen) atoms. The molecule has 1 fully saturated rings. The molecule has 2 heterocycles. The molecule has 114 valence electrons. The highest BCUT2D eigenvalue weighted by atomic mass is 16.6. The van der Waals surface area contributed by atoms with Gasteiger partial charge in [0.05, 0.1) is 4.92 Å². The fourth-order valence-electron chi connectivity index (χ4n) is 2.39. The van der Waals surface area contributed by atoms with Gasteiger partial charge in [0.15, 0.2) is 0 Å². The summed E-state index contributed by atoms with van der Waals surface area (Å²) < 4.78 is 0. The zero-order valence-electron chi connectivity index (χ0n) is 12.0. The van der Waals surface area contributed by atoms with Crippen molar-refractivity contribution in [3.8, 4) is 0 Å². The summed E-state index contributed by atoms with van der Waals surface area (Å²) >= 11 is 0. The maximum absolute atomic E-state index is 11.1. The average Bonchev–Trinajstić information content (AvgIpc) is 2.46. The van der Waals surface area contributed by atoms with Gasteiger partial charge in [0.1, 0.15) is 17.6 Å². The zero-order chi connectivity index (χ0) is 15.6. The highest BCUT2D eigenvalue weighted by Crippen LogP contribution is 2.23. The first kappa shape index (κ1) is 15.2. The van der Waals surface area contributed by atoms with E-state index in [0.29, 0.717) is 11.9 Å². The van der Waals surface area contributed by atoms with Crippen molar-refractivity contribution in [2.45, 2.75) is 19.9 Å². The lowest BCUT2D eigenvalue weighted by atomic mass is 10.2. The summed E-state index contributed by atoms with van der Waals surface area (Å²) in [7, 11) is 0. The SMILES string of the molecule is CC(C)N1CCN(c2cc(C(=O)O)c([N+](=O)[O-])cn2)CC1. The molecule has 0 aliphatic carbocycles. The zero-order valence-corrected chi connectivity index (χ0v) is 12.0. The number of rotatable bonds is 4. The van der Waals surface area contributed by atoms with Crippen LogP contribution in [0, 0.1) is 10.1 Å². The number of carboxylic acid groups (broad SMARTS) is 1. The van der Waals surface area contributed by atoms with E-state index in [-0.39, 0.29) is 5.56 Å². The number of hydrogen-bond acceptors (Lipinski definition) is 6. The molecule has 0 unspecified atom stereocenters. The van der Waals surface area contributed by atoms with E-state index in [2.05, 4.69) is 23.7 Å². The van der Waals surface area contributed by atoms with Gasteiger partial charge in [-0.15, -0.1) is 0 Å². The number of hydrogen-bond donors (Lipinski definition) is 1. The Morgan fingerprint density at radius 3 is 2.48 bits per heavy atom. The van der Waals surface area contributed by atoms with Gasteiger partial charge in [0.2, 0.25) is 0 Å². The molecular formula is C13H18N4O4. The van der Waals surface area contributed by atoms with Crippen molar-refractivity contribution in [1.29, 1.82) is 0 Å². The van der Waals surface area contributed by atoms with Gasteiger partial charge in [-0.3, -0.25) is 15.0 Å². The Labute approximate surface area is 122 Å². The van der Waals surface area contributed by atoms with Crippen LogP contribution in [0.4, 0.5) is 11.5 Å². The van der Waals surface area contributed by atoms with E-state index in [1.807, 2.05) is 4.90 Å². The fraction of sp³-hybridized carbons (Fsp3) is 0.538. The number of aromatic nitrogens is 1. The number of carboxylic acids is 1. The van der Waals surface area contributed by atoms with E-state index < -0.39 is 16.6 Å². The third-order valence-electron chi connectivity index (χ3n) is 3.66. The number of nitrogens with zero attached hydrogens (tertiary/aromatic N) is 4. The van der Waals surface area contributed by atoms with Crippen LogP contribution < -0.4 is 4.90 Å². The van der Waals surface area contributed by atoms with Crippen molar-refractivity contribution in [3.63, 3.8) is 0 Å². The van der Waals surface area contributed by atoms with Crippen molar-refractivity contribution < 1.29 is 14.8 Å². The first-order valence-electron chi connectivity index (χ1n) is 6.77. The molecule has 0 amide bonds. The van der Waals surface area contributed by atoms with E-state index in [0.717, 1.165) is 32.4 Å². The number of carbonyl (C=O) groups is 1. The maximum Gasteiger partial charge on any atom is 0.342 e. The predicted octanol–water partition coefficient (Wildman–Crippen LogP) is 1.22. The van der Waals surface area contributed by atoms with Crippen LogP contribution in [0.3, 0.4) is 0 Å². The molecular weight excluding hydrogens is 276 g/mol. The largest absolute Gasteiger partial charge is 0.477 e. The molecule has 1 N–H and O–H groups in total. The number of anilines is 1. The predicted molar refractivity (Wildman–Crippen MR) is 76.8 cm³/mol. The average molecular weight is 294 g/mol. The van der Waals surface area contributed by atoms with Crippen LogP contribution in [0.1, 0.15) is 24.2 Å². The molecule has 1 saturated heterocycles. The van der Waals surface area contributed by atoms with E-state index in [4.69, 9.17) is 5.11 Å². The summed E-state index contributed by atoms with van der Waals surface area (Å²) in [6.07, 6.45) is 1.02. The van der Waals surface area contributed by atoms with Crippen molar-refractivity contribution in [1.82, 2.24) is 9.88 Å². The molecule has 0 aromatic carbocycles. The molecule has 1 aromatic rings. The minimum absolute atomic E-state index is 0.323. The lowest BCUT2D eigenvalue weighted by Crippen LogP contribution is -2.49. The summed E-state index contributed by atoms with van der Waals surface area (Å²) in [6, 6.07) is 1.75. The lowest BCUT2D eigenvalue weighted by Gasteiger charge is -2.37. The van der Waals surface area contributed by atoms with Gasteiger partial charge in [0, 0.05) is 38.3 Å². The van der Waals surface area contributed by atoms with Crippen molar-refractivity contribution >= 4 is 17.5 Å². The molecule has 0 saturated carbocycles. The van der Waals surface area contributed by atoms with Crippen molar-refractivity contribution in [2.24, 2.45) is 0 Å². The normalized spacial score (nSPS) is 16.2. The Morgan fingerprint density at radius 1 is 1.38 bits per heavy atom. The molecule has 1 aliphatic heterocycles. The van der Waals surface area contributed by atoms with Gasteiger partial charge >= 0.3 is 11.7 Å². The van der Waals surface area contributed by atoms with E-state index in [1.165, 1.54) is 6.07 Å². The number of piperazine rings is 1. The third kappa shape index (κ3) is 3.27. The van der Waals surface area contributed by atoms with Crippen LogP contribution in [-0.2, 0) is 0 Å². The first-order valence-corrected chi connectivity index (χ1v) is 6.77. The molecule has 2 rings (SSSR count). The first-order chi connectivity index (χ1) is 9.90. The summed E-state index contributed by atoms with van der Waals surface area (Å²) in [6.45, 7) is 7.42. The quantitative estimate of drug-likeness (QED) is 0.658. The lowest BCUT2D eigenvalue weighted by molar-refractivity contribution is -0.385. The standard InChI is InChI=1S/C13H18N4O4/c1-9(2)15-3-5-16(6-4-15)12-7-10(13(18)19)11(8-14-12)17(20)21/h7-9H,3-6H2,1-2H3,(H,18,19). The van der Waals surface area contributed by atoms with Gasteiger partial charge in [-0.1, -0.05) is 0 Å². The Balaban J connectivity index is 2.20. The number of nitro groups is 1. The fourth-order valence-corrected chi connectivity index (χ4v) is 2.39. The molecule has 1 aliphatic rings. The van der Waals surface area contributed by atoms with Gasteiger partial charge in [-0.05, 0) is 13.8 Å². The second kappa shape index (κ2) is 6.04. The highest BCUT2D eigenvalue weighted by molar-refractivity contribution is 5.93. The second-order valence-electron chi connectivity index (χ2n) is 5.24. The van der Waals surface area contributed by atoms with E-state index >= 15 is 0 Å². The van der Waals surface area contributed by atoms with Crippen molar-refractivity contribution in [2.75, 3.05) is 31.1 Å². The summed E-state index contributed by atoms with van der Waals surface area (Å²) in [4.78, 5) is 29.5. The summed E-state index contributed by atoms with van der Waals surface area (Å²) in [5.74, 6) is -0.840. The van der Waals surface area contributed by atoms with Crippen LogP contribution in [0.2, 0.25) is 0 Å². The maximum atomic E-state index is 11.1. The molecule has 8 heteroatoms. The van der Waals surface area contributed by atoms with Crippen LogP contribution in [0.5, 0.6) is 0 Å². The number of aromatic carboxylic acids is 1. The van der Waals surface area contributed by atoms with E-state index in [1.54, 1.807) is 0 Å². The Morgan fingerprint density at radius 2 is 2.00 bits per heavy atom. The minimum atomic E-state index is -1.31. The molecule has 8 nitrogen and oxygen atoms in total. The highest BCUT2D eigenvalue weighted by Gasteiger charge is 2.25. The van der Waals surface area contributed by atoms with Gasteiger partial charge in [-0.2, -0.15) is 0 Å². The van der Waals surface area contributed by atoms with Crippen LogP contribution in [0.25, 0.3) is 0 Å². The minimum Gasteiger partial charge on any atom is -0.477 e. The third-order valence-corrected chi connectivity index (χ3v) is 3.66. The number of pyridine rings is 1. The van der Waals surface area contributed by atoms with Crippen LogP contribution in [0.15, 0.2) is 12.3 Å². The second-order valence-corrected chi connectivity index (χ2v) is 5.24. The van der Waals surface area contributed by atoms with Gasteiger partial charge in [0.25, 0.3) is 0 Å². The molecule has 0 spiro atoms. The summed E-state index contributed by atoms with van der Waals surface area (Å²) in [5.41, 5.74) is -0.802. The monoisotopic (exact) mass is 294 g/mol. The Hall–Kier alpha value is -2.22. The van der Waals surface area contributed by atoms with Crippen LogP contribution in [-0.4, -0.2) is 58.1 Å². The van der Waals surface area contributed by atoms with Crippen molar-refractivity contribution in [3.05, 3.63) is 27.9 Å². The van der Waals surface area contributed by atoms with Gasteiger partial charge in [-0.25, -0.2) is 9.78 Å². The Kier molecular flexibility index (Phi) is 4.37. The molecule has 0 radical (unpaired) electrons. The van der Waals surface area contributed by atoms with Gasteiger partial charge < -0.3 is 10.0 Å². The molecule has 0 bridgehead atoms. The molecule has 1 aromatic heterocycles. The Bertz CT molecular complexity index is 553. The topological polar surface area (TPSA) is 99.8 Å². The smallest absolute Gasteiger partial charge is 0.342 e. The van der Waals surface area contributed by atoms with E-state index in [9.17, 15) is 14.9 Å². The summed E-state index contributed by atoms with van der Waals surface area (Å²) in [5, 5.41) is 19.9. The van der Waals surface area contributed by atoms with Crippen LogP contribution >= 0.6 is 0 Å². The molecule has 0 atom stereocenters.